The van der Waals surface area contributed by atoms with E-state index in [2.05, 4.69) is 42.1 Å². The lowest BCUT2D eigenvalue weighted by Gasteiger charge is -2.41. The summed E-state index contributed by atoms with van der Waals surface area (Å²) in [4.78, 5) is 92.5. The van der Waals surface area contributed by atoms with Crippen LogP contribution in [0.25, 0.3) is 33.2 Å². The number of carbonyl (C=O) groups excluding carboxylic acids is 5. The molecule has 18 nitrogen and oxygen atoms in total. The number of halogens is 3. The highest BCUT2D eigenvalue weighted by Crippen LogP contribution is 2.38. The van der Waals surface area contributed by atoms with E-state index in [-0.39, 0.29) is 60.2 Å². The number of benzene rings is 4. The predicted octanol–water partition coefficient (Wildman–Crippen LogP) is 6.85. The second-order valence-corrected chi connectivity index (χ2v) is 21.6. The van der Waals surface area contributed by atoms with Crippen LogP contribution in [0.2, 0.25) is 0 Å². The zero-order valence-corrected chi connectivity index (χ0v) is 45.3. The van der Waals surface area contributed by atoms with Gasteiger partial charge in [0.25, 0.3) is 5.91 Å². The van der Waals surface area contributed by atoms with Gasteiger partial charge in [-0.3, -0.25) is 38.4 Å². The second-order valence-electron chi connectivity index (χ2n) is 21.6. The van der Waals surface area contributed by atoms with E-state index in [9.17, 15) is 41.9 Å². The van der Waals surface area contributed by atoms with Crippen molar-refractivity contribution < 1.29 is 41.9 Å². The van der Waals surface area contributed by atoms with Gasteiger partial charge in [0, 0.05) is 93.1 Å². The van der Waals surface area contributed by atoms with E-state index in [4.69, 9.17) is 5.73 Å². The van der Waals surface area contributed by atoms with E-state index in [0.717, 1.165) is 72.3 Å². The van der Waals surface area contributed by atoms with E-state index in [1.165, 1.54) is 33.7 Å². The number of anilines is 2. The van der Waals surface area contributed by atoms with Gasteiger partial charge >= 0.3 is 12.1 Å². The first-order chi connectivity index (χ1) is 39.5. The lowest BCUT2D eigenvalue weighted by atomic mass is 9.93. The van der Waals surface area contributed by atoms with Gasteiger partial charge in [-0.15, -0.1) is 13.2 Å². The Kier molecular flexibility index (Phi) is 15.7. The molecule has 0 spiro atoms. The molecular weight excluding hydrogens is 1060 g/mol. The first-order valence-electron chi connectivity index (χ1n) is 27.9. The molecule has 4 aliphatic heterocycles. The van der Waals surface area contributed by atoms with E-state index in [1.54, 1.807) is 30.1 Å². The smallest absolute Gasteiger partial charge is 0.406 e. The minimum Gasteiger partial charge on any atom is -0.406 e. The lowest BCUT2D eigenvalue weighted by molar-refractivity contribution is -0.274. The van der Waals surface area contributed by atoms with Crippen molar-refractivity contribution in [2.75, 3.05) is 49.9 Å². The average Bonchev–Trinajstić information content (AvgIpc) is 3.87. The third-order valence-electron chi connectivity index (χ3n) is 16.4. The molecule has 0 radical (unpaired) electrons. The number of nitrogens with one attached hydrogen (secondary N) is 2. The molecule has 4 aromatic carbocycles. The van der Waals surface area contributed by atoms with Crippen molar-refractivity contribution in [1.29, 1.82) is 0 Å². The number of nitrogen functional groups attached to an aromatic ring is 1. The van der Waals surface area contributed by atoms with Gasteiger partial charge in [0.15, 0.2) is 0 Å². The van der Waals surface area contributed by atoms with Gasteiger partial charge in [-0.05, 0) is 147 Å². The topological polar surface area (TPSA) is 212 Å². The van der Waals surface area contributed by atoms with Gasteiger partial charge in [0.1, 0.15) is 29.6 Å². The van der Waals surface area contributed by atoms with Gasteiger partial charge in [0.05, 0.1) is 22.8 Å². The second kappa shape index (κ2) is 23.4. The van der Waals surface area contributed by atoms with Crippen LogP contribution < -0.4 is 31.7 Å². The summed E-state index contributed by atoms with van der Waals surface area (Å²) in [6.07, 6.45) is 4.79. The number of carbonyl (C=O) groups is 5. The average molecular weight is 1120 g/mol. The summed E-state index contributed by atoms with van der Waals surface area (Å²) in [5, 5.41) is 6.06. The molecule has 1 atom stereocenters. The van der Waals surface area contributed by atoms with Crippen molar-refractivity contribution in [2.24, 2.45) is 13.0 Å². The number of rotatable bonds is 14. The van der Waals surface area contributed by atoms with E-state index in [0.29, 0.717) is 103 Å². The Morgan fingerprint density at radius 3 is 2.40 bits per heavy atom. The fourth-order valence-corrected chi connectivity index (χ4v) is 12.0. The van der Waals surface area contributed by atoms with Crippen LogP contribution in [0, 0.1) is 17.8 Å². The fourth-order valence-electron chi connectivity index (χ4n) is 12.0. The summed E-state index contributed by atoms with van der Waals surface area (Å²) in [6, 6.07) is 23.9. The van der Waals surface area contributed by atoms with Crippen LogP contribution in [0.1, 0.15) is 90.0 Å². The molecule has 3 saturated heterocycles. The first kappa shape index (κ1) is 55.2. The molecule has 4 N–H and O–H groups in total. The number of hydrogen-bond acceptors (Lipinski definition) is 11. The zero-order valence-electron chi connectivity index (χ0n) is 45.3. The van der Waals surface area contributed by atoms with Crippen LogP contribution in [0.3, 0.4) is 0 Å². The van der Waals surface area contributed by atoms with Crippen molar-refractivity contribution >= 4 is 63.1 Å². The SMILES string of the molecule is Cn1c(=O)n(C2CCC(=O)NC2=O)c2ccc(CCC(=O)N3CCC(N4CCC(C#Cc5ccc(C(=O)NCCCn6cc(-c7ccc8c(c7)CCN8C(=O)Cc7cccc(OC(F)(F)F)c7)c7c(N)ncnc76)cc5)CC4)CC3)cc21. The summed E-state index contributed by atoms with van der Waals surface area (Å²) in [5.41, 5.74) is 14.2. The molecular formula is C61H62F3N11O7. The summed E-state index contributed by atoms with van der Waals surface area (Å²) < 4.78 is 47.4. The monoisotopic (exact) mass is 1120 g/mol. The molecule has 7 aromatic rings. The number of nitrogens with zero attached hydrogens (tertiary/aromatic N) is 8. The quantitative estimate of drug-likeness (QED) is 0.0582. The Bertz CT molecular complexity index is 3750. The van der Waals surface area contributed by atoms with Crippen LogP contribution in [-0.2, 0) is 52.0 Å². The summed E-state index contributed by atoms with van der Waals surface area (Å²) in [7, 11) is 1.67. The van der Waals surface area contributed by atoms with Crippen LogP contribution >= 0.6 is 0 Å². The molecule has 0 aliphatic carbocycles. The third-order valence-corrected chi connectivity index (χ3v) is 16.4. The van der Waals surface area contributed by atoms with Gasteiger partial charge in [-0.2, -0.15) is 0 Å². The number of ether oxygens (including phenoxy) is 1. The summed E-state index contributed by atoms with van der Waals surface area (Å²) in [5.74, 6) is 5.90. The molecule has 3 fully saturated rings. The number of imide groups is 1. The Hall–Kier alpha value is -8.77. The van der Waals surface area contributed by atoms with Crippen molar-refractivity contribution in [3.8, 4) is 28.7 Å². The number of alkyl halides is 3. The molecule has 5 amide bonds. The van der Waals surface area contributed by atoms with Crippen molar-refractivity contribution in [3.63, 3.8) is 0 Å². The number of amides is 5. The Balaban J connectivity index is 0.611. The molecule has 424 valence electrons. The highest BCUT2D eigenvalue weighted by atomic mass is 19.4. The maximum Gasteiger partial charge on any atom is 0.573 e. The number of likely N-dealkylation sites (tertiary alicyclic amines) is 2. The molecule has 82 heavy (non-hydrogen) atoms. The highest BCUT2D eigenvalue weighted by molar-refractivity contribution is 6.02. The minimum absolute atomic E-state index is 0.0906. The van der Waals surface area contributed by atoms with Crippen molar-refractivity contribution in [2.45, 2.75) is 95.6 Å². The number of nitrogens with two attached hydrogens (primary N) is 1. The standard InChI is InChI=1S/C61H62F3N11O7/c1-70-51-33-40(10-15-49(51)75(60(70)81)50-17-18-52(76)69-59(50)80)11-19-53(77)72-29-23-45(24-30-72)71-27-20-39(21-28-71)7-6-38-8-12-42(13-9-38)58(79)66-25-3-26-73-36-47(55-56(65)67-37-68-57(55)73)43-14-16-48-44(35-43)22-31-74(48)54(78)34-41-4-2-5-46(32-41)82-61(62,63)64/h2,4-5,8-10,12-16,32-33,35-37,39,45,50H,3,11,17-31,34H2,1H3,(H,66,79)(H2,65,67,68)(H,69,76,80). The highest BCUT2D eigenvalue weighted by Gasteiger charge is 2.34. The zero-order chi connectivity index (χ0) is 57.2. The van der Waals surface area contributed by atoms with Gasteiger partial charge < -0.3 is 35.1 Å². The first-order valence-corrected chi connectivity index (χ1v) is 27.9. The number of fused-ring (bicyclic) bond motifs is 3. The number of hydrogen-bond donors (Lipinski definition) is 3. The molecule has 4 aliphatic rings. The van der Waals surface area contributed by atoms with E-state index in [1.807, 2.05) is 64.2 Å². The van der Waals surface area contributed by atoms with E-state index >= 15 is 0 Å². The Morgan fingerprint density at radius 2 is 1.63 bits per heavy atom. The minimum atomic E-state index is -4.83. The third kappa shape index (κ3) is 12.0. The summed E-state index contributed by atoms with van der Waals surface area (Å²) in [6.45, 7) is 4.71. The Morgan fingerprint density at radius 1 is 0.841 bits per heavy atom. The molecule has 3 aromatic heterocycles. The van der Waals surface area contributed by atoms with Crippen molar-refractivity contribution in [1.82, 2.24) is 44.1 Å². The molecule has 21 heteroatoms. The van der Waals surface area contributed by atoms with Crippen LogP contribution in [-0.4, -0.2) is 115 Å². The molecule has 1 unspecified atom stereocenters. The maximum absolute atomic E-state index is 13.4. The number of imidazole rings is 1. The van der Waals surface area contributed by atoms with Gasteiger partial charge in [0.2, 0.25) is 23.6 Å². The van der Waals surface area contributed by atoms with E-state index < -0.39 is 18.3 Å². The predicted molar refractivity (Wildman–Crippen MR) is 301 cm³/mol. The van der Waals surface area contributed by atoms with Crippen molar-refractivity contribution in [3.05, 3.63) is 136 Å². The number of aryl methyl sites for hydroxylation is 3. The van der Waals surface area contributed by atoms with Crippen LogP contribution in [0.5, 0.6) is 5.75 Å². The number of aromatic nitrogens is 5. The number of piperidine rings is 3. The maximum atomic E-state index is 13.4. The van der Waals surface area contributed by atoms with Gasteiger partial charge in [-0.1, -0.05) is 36.1 Å². The van der Waals surface area contributed by atoms with Crippen LogP contribution in [0.15, 0.2) is 102 Å². The Labute approximate surface area is 470 Å². The lowest BCUT2D eigenvalue weighted by Crippen LogP contribution is -2.49. The van der Waals surface area contributed by atoms with Gasteiger partial charge in [-0.25, -0.2) is 14.8 Å². The molecule has 7 heterocycles. The normalized spacial score (nSPS) is 17.2. The summed E-state index contributed by atoms with van der Waals surface area (Å²) >= 11 is 0. The fraction of sp³-hybridized carbons (Fsp3) is 0.377. The molecule has 0 bridgehead atoms. The molecule has 11 rings (SSSR count). The van der Waals surface area contributed by atoms with Crippen LogP contribution in [0.4, 0.5) is 24.7 Å². The largest absolute Gasteiger partial charge is 0.573 e. The molecule has 0 saturated carbocycles.